The Morgan fingerprint density at radius 3 is 2.31 bits per heavy atom. The zero-order valence-electron chi connectivity index (χ0n) is 10.8. The van der Waals surface area contributed by atoms with Gasteiger partial charge in [-0.15, -0.1) is 0 Å². The SMILES string of the molecule is COCC(C)NCCS(=O)(=O)CCC(C)C. The van der Waals surface area contributed by atoms with Crippen LogP contribution >= 0.6 is 0 Å². The van der Waals surface area contributed by atoms with Gasteiger partial charge in [0.05, 0.1) is 18.1 Å². The van der Waals surface area contributed by atoms with Crippen molar-refractivity contribution in [1.82, 2.24) is 5.32 Å². The number of sulfone groups is 1. The van der Waals surface area contributed by atoms with E-state index in [9.17, 15) is 8.42 Å². The van der Waals surface area contributed by atoms with Crippen molar-refractivity contribution < 1.29 is 13.2 Å². The summed E-state index contributed by atoms with van der Waals surface area (Å²) in [5, 5.41) is 3.12. The lowest BCUT2D eigenvalue weighted by Crippen LogP contribution is -2.34. The summed E-state index contributed by atoms with van der Waals surface area (Å²) in [7, 11) is -1.25. The zero-order valence-corrected chi connectivity index (χ0v) is 11.6. The molecule has 0 aromatic rings. The highest BCUT2D eigenvalue weighted by Gasteiger charge is 2.11. The molecule has 0 spiro atoms. The standard InChI is InChI=1S/C11H25NO3S/c1-10(2)5-7-16(13,14)8-6-12-11(3)9-15-4/h10-12H,5-9H2,1-4H3. The van der Waals surface area contributed by atoms with E-state index in [0.717, 1.165) is 6.42 Å². The summed E-state index contributed by atoms with van der Waals surface area (Å²) >= 11 is 0. The Morgan fingerprint density at radius 2 is 1.81 bits per heavy atom. The maximum atomic E-state index is 11.6. The minimum absolute atomic E-state index is 0.199. The van der Waals surface area contributed by atoms with E-state index in [2.05, 4.69) is 5.32 Å². The third kappa shape index (κ3) is 9.12. The fourth-order valence-electron chi connectivity index (χ4n) is 1.29. The van der Waals surface area contributed by atoms with Crippen LogP contribution in [0.3, 0.4) is 0 Å². The highest BCUT2D eigenvalue weighted by Crippen LogP contribution is 2.03. The molecule has 0 aromatic heterocycles. The molecule has 1 atom stereocenters. The summed E-state index contributed by atoms with van der Waals surface area (Å²) in [6.07, 6.45) is 0.746. The monoisotopic (exact) mass is 251 g/mol. The van der Waals surface area contributed by atoms with E-state index in [1.54, 1.807) is 7.11 Å². The smallest absolute Gasteiger partial charge is 0.151 e. The molecule has 0 aliphatic rings. The Morgan fingerprint density at radius 1 is 1.19 bits per heavy atom. The first kappa shape index (κ1) is 15.9. The van der Waals surface area contributed by atoms with Crippen LogP contribution in [0.4, 0.5) is 0 Å². The second kappa shape index (κ2) is 8.03. The average molecular weight is 251 g/mol. The average Bonchev–Trinajstić information content (AvgIpc) is 2.15. The van der Waals surface area contributed by atoms with E-state index in [1.165, 1.54) is 0 Å². The summed E-state index contributed by atoms with van der Waals surface area (Å²) in [6.45, 7) is 7.16. The van der Waals surface area contributed by atoms with Gasteiger partial charge in [0.2, 0.25) is 0 Å². The molecule has 0 aliphatic heterocycles. The van der Waals surface area contributed by atoms with Gasteiger partial charge in [-0.1, -0.05) is 13.8 Å². The normalized spacial score (nSPS) is 14.3. The van der Waals surface area contributed by atoms with E-state index in [-0.39, 0.29) is 11.8 Å². The van der Waals surface area contributed by atoms with Crippen molar-refractivity contribution in [2.75, 3.05) is 31.8 Å². The van der Waals surface area contributed by atoms with E-state index in [4.69, 9.17) is 4.74 Å². The lowest BCUT2D eigenvalue weighted by molar-refractivity contribution is 0.173. The molecule has 0 heterocycles. The number of methoxy groups -OCH3 is 1. The van der Waals surface area contributed by atoms with Crippen molar-refractivity contribution in [3.05, 3.63) is 0 Å². The van der Waals surface area contributed by atoms with Gasteiger partial charge in [-0.3, -0.25) is 0 Å². The Kier molecular flexibility index (Phi) is 7.97. The van der Waals surface area contributed by atoms with Crippen LogP contribution in [0.2, 0.25) is 0 Å². The van der Waals surface area contributed by atoms with Crippen molar-refractivity contribution >= 4 is 9.84 Å². The number of hydrogen-bond acceptors (Lipinski definition) is 4. The molecule has 0 saturated heterocycles. The molecule has 4 nitrogen and oxygen atoms in total. The number of ether oxygens (including phenoxy) is 1. The van der Waals surface area contributed by atoms with E-state index in [1.807, 2.05) is 20.8 Å². The molecule has 0 radical (unpaired) electrons. The summed E-state index contributed by atoms with van der Waals surface area (Å²) < 4.78 is 28.2. The fraction of sp³-hybridized carbons (Fsp3) is 1.00. The first-order chi connectivity index (χ1) is 7.37. The predicted octanol–water partition coefficient (Wildman–Crippen LogP) is 1.07. The van der Waals surface area contributed by atoms with Gasteiger partial charge in [-0.2, -0.15) is 0 Å². The van der Waals surface area contributed by atoms with Crippen LogP contribution in [0, 0.1) is 5.92 Å². The lowest BCUT2D eigenvalue weighted by atomic mass is 10.2. The van der Waals surface area contributed by atoms with Crippen molar-refractivity contribution in [3.8, 4) is 0 Å². The Hall–Kier alpha value is -0.130. The van der Waals surface area contributed by atoms with Crippen molar-refractivity contribution in [2.45, 2.75) is 33.2 Å². The highest BCUT2D eigenvalue weighted by atomic mass is 32.2. The Bertz CT molecular complexity index is 262. The lowest BCUT2D eigenvalue weighted by Gasteiger charge is -2.12. The molecule has 98 valence electrons. The summed E-state index contributed by atoms with van der Waals surface area (Å²) in [5.41, 5.74) is 0. The zero-order chi connectivity index (χ0) is 12.6. The van der Waals surface area contributed by atoms with Gasteiger partial charge in [-0.25, -0.2) is 8.42 Å². The molecule has 0 aromatic carbocycles. The van der Waals surface area contributed by atoms with Crippen molar-refractivity contribution in [2.24, 2.45) is 5.92 Å². The molecule has 0 bridgehead atoms. The predicted molar refractivity (Wildman–Crippen MR) is 67.4 cm³/mol. The van der Waals surface area contributed by atoms with Gasteiger partial charge in [0.1, 0.15) is 0 Å². The third-order valence-corrected chi connectivity index (χ3v) is 4.01. The molecule has 0 rings (SSSR count). The van der Waals surface area contributed by atoms with Gasteiger partial charge < -0.3 is 10.1 Å². The van der Waals surface area contributed by atoms with E-state index < -0.39 is 9.84 Å². The molecule has 5 heteroatoms. The molecule has 0 fully saturated rings. The molecular weight excluding hydrogens is 226 g/mol. The summed E-state index contributed by atoms with van der Waals surface area (Å²) in [4.78, 5) is 0. The first-order valence-electron chi connectivity index (χ1n) is 5.80. The summed E-state index contributed by atoms with van der Waals surface area (Å²) in [5.74, 6) is 0.953. The number of rotatable bonds is 9. The van der Waals surface area contributed by atoms with Gasteiger partial charge in [0.25, 0.3) is 0 Å². The quantitative estimate of drug-likeness (QED) is 0.666. The minimum atomic E-state index is -2.89. The van der Waals surface area contributed by atoms with Crippen LogP contribution in [-0.4, -0.2) is 46.2 Å². The second-order valence-electron chi connectivity index (χ2n) is 4.64. The highest BCUT2D eigenvalue weighted by molar-refractivity contribution is 7.91. The molecule has 1 unspecified atom stereocenters. The third-order valence-electron chi connectivity index (χ3n) is 2.33. The fourth-order valence-corrected chi connectivity index (χ4v) is 2.75. The first-order valence-corrected chi connectivity index (χ1v) is 7.62. The summed E-state index contributed by atoms with van der Waals surface area (Å²) in [6, 6.07) is 0.199. The van der Waals surface area contributed by atoms with Crippen LogP contribution in [0.5, 0.6) is 0 Å². The Labute approximate surface area is 99.7 Å². The second-order valence-corrected chi connectivity index (χ2v) is 6.95. The molecule has 0 amide bonds. The minimum Gasteiger partial charge on any atom is -0.383 e. The Balaban J connectivity index is 3.74. The van der Waals surface area contributed by atoms with Crippen LogP contribution in [0.25, 0.3) is 0 Å². The molecule has 0 saturated carbocycles. The largest absolute Gasteiger partial charge is 0.383 e. The van der Waals surface area contributed by atoms with E-state index in [0.29, 0.717) is 24.8 Å². The maximum absolute atomic E-state index is 11.6. The van der Waals surface area contributed by atoms with Crippen molar-refractivity contribution in [1.29, 1.82) is 0 Å². The molecule has 0 aliphatic carbocycles. The number of hydrogen-bond donors (Lipinski definition) is 1. The van der Waals surface area contributed by atoms with Gasteiger partial charge >= 0.3 is 0 Å². The van der Waals surface area contributed by atoms with Crippen LogP contribution in [0.15, 0.2) is 0 Å². The van der Waals surface area contributed by atoms with Crippen LogP contribution in [-0.2, 0) is 14.6 Å². The van der Waals surface area contributed by atoms with Crippen LogP contribution in [0.1, 0.15) is 27.2 Å². The molecular formula is C11H25NO3S. The van der Waals surface area contributed by atoms with Crippen LogP contribution < -0.4 is 5.32 Å². The maximum Gasteiger partial charge on any atom is 0.151 e. The molecule has 1 N–H and O–H groups in total. The van der Waals surface area contributed by atoms with Gasteiger partial charge in [-0.05, 0) is 19.3 Å². The van der Waals surface area contributed by atoms with Gasteiger partial charge in [0.15, 0.2) is 9.84 Å². The van der Waals surface area contributed by atoms with Crippen molar-refractivity contribution in [3.63, 3.8) is 0 Å². The topological polar surface area (TPSA) is 55.4 Å². The molecule has 16 heavy (non-hydrogen) atoms. The van der Waals surface area contributed by atoms with E-state index >= 15 is 0 Å². The van der Waals surface area contributed by atoms with Gasteiger partial charge in [0, 0.05) is 19.7 Å². The number of nitrogens with one attached hydrogen (secondary N) is 1.